The summed E-state index contributed by atoms with van der Waals surface area (Å²) >= 11 is 0. The van der Waals surface area contributed by atoms with Gasteiger partial charge in [-0.25, -0.2) is 0 Å². The second-order valence-corrected chi connectivity index (χ2v) is 8.32. The second-order valence-electron chi connectivity index (χ2n) is 8.32. The Morgan fingerprint density at radius 2 is 1.41 bits per heavy atom. The molecule has 0 N–H and O–H groups in total. The van der Waals surface area contributed by atoms with Crippen molar-refractivity contribution < 1.29 is 14.4 Å². The Kier molecular flexibility index (Phi) is 7.42. The largest absolute Gasteiger partial charge is 0.342 e. The van der Waals surface area contributed by atoms with Crippen molar-refractivity contribution in [2.75, 3.05) is 45.8 Å². The Morgan fingerprint density at radius 3 is 2.07 bits per heavy atom. The average Bonchev–Trinajstić information content (AvgIpc) is 2.74. The van der Waals surface area contributed by atoms with E-state index in [0.717, 1.165) is 50.1 Å². The Labute approximate surface area is 173 Å². The van der Waals surface area contributed by atoms with Crippen LogP contribution < -0.4 is 0 Å². The third kappa shape index (κ3) is 5.89. The van der Waals surface area contributed by atoms with E-state index in [0.29, 0.717) is 25.2 Å². The summed E-state index contributed by atoms with van der Waals surface area (Å²) in [6.07, 6.45) is 3.92. The van der Waals surface area contributed by atoms with Crippen LogP contribution in [0.3, 0.4) is 0 Å². The van der Waals surface area contributed by atoms with Gasteiger partial charge in [-0.15, -0.1) is 0 Å². The fourth-order valence-electron chi connectivity index (χ4n) is 4.03. The summed E-state index contributed by atoms with van der Waals surface area (Å²) in [5.74, 6) is 0.264. The van der Waals surface area contributed by atoms with Crippen LogP contribution >= 0.6 is 0 Å². The first-order chi connectivity index (χ1) is 13.9. The summed E-state index contributed by atoms with van der Waals surface area (Å²) in [6.45, 7) is 8.92. The minimum Gasteiger partial charge on any atom is -0.342 e. The molecule has 2 heterocycles. The highest BCUT2D eigenvalue weighted by atomic mass is 16.2. The molecule has 2 amide bonds. The molecule has 0 aromatic heterocycles. The van der Waals surface area contributed by atoms with E-state index in [9.17, 15) is 14.4 Å². The summed E-state index contributed by atoms with van der Waals surface area (Å²) in [5.41, 5.74) is 2.94. The molecule has 2 aliphatic heterocycles. The number of rotatable bonds is 6. The van der Waals surface area contributed by atoms with Crippen molar-refractivity contribution >= 4 is 17.6 Å². The highest BCUT2D eigenvalue weighted by molar-refractivity contribution is 5.98. The first-order valence-electron chi connectivity index (χ1n) is 10.8. The van der Waals surface area contributed by atoms with Crippen molar-refractivity contribution in [3.8, 4) is 0 Å². The lowest BCUT2D eigenvalue weighted by Crippen LogP contribution is -2.52. The van der Waals surface area contributed by atoms with Gasteiger partial charge < -0.3 is 9.80 Å². The second kappa shape index (κ2) is 10.0. The van der Waals surface area contributed by atoms with Crippen LogP contribution in [0.25, 0.3) is 0 Å². The number of benzene rings is 1. The van der Waals surface area contributed by atoms with Crippen LogP contribution in [0.15, 0.2) is 18.2 Å². The molecular formula is C23H33N3O3. The molecule has 1 aromatic carbocycles. The van der Waals surface area contributed by atoms with Crippen molar-refractivity contribution in [1.29, 1.82) is 0 Å². The molecule has 0 unspecified atom stereocenters. The molecule has 0 aliphatic carbocycles. The predicted molar refractivity (Wildman–Crippen MR) is 113 cm³/mol. The number of aryl methyl sites for hydroxylation is 2. The molecule has 0 radical (unpaired) electrons. The van der Waals surface area contributed by atoms with Gasteiger partial charge in [0, 0.05) is 57.7 Å². The Bertz CT molecular complexity index is 748. The summed E-state index contributed by atoms with van der Waals surface area (Å²) in [6, 6.07) is 5.70. The summed E-state index contributed by atoms with van der Waals surface area (Å²) in [5, 5.41) is 0. The third-order valence-corrected chi connectivity index (χ3v) is 6.19. The van der Waals surface area contributed by atoms with Crippen LogP contribution in [0.1, 0.15) is 53.6 Å². The van der Waals surface area contributed by atoms with E-state index in [2.05, 4.69) is 4.90 Å². The van der Waals surface area contributed by atoms with E-state index in [4.69, 9.17) is 0 Å². The van der Waals surface area contributed by atoms with Gasteiger partial charge in [0.15, 0.2) is 5.78 Å². The van der Waals surface area contributed by atoms with Gasteiger partial charge >= 0.3 is 0 Å². The topological polar surface area (TPSA) is 60.9 Å². The van der Waals surface area contributed by atoms with E-state index >= 15 is 0 Å². The normalized spacial score (nSPS) is 18.0. The van der Waals surface area contributed by atoms with Crippen molar-refractivity contribution in [2.45, 2.75) is 46.0 Å². The first-order valence-corrected chi connectivity index (χ1v) is 10.8. The van der Waals surface area contributed by atoms with E-state index in [1.165, 1.54) is 6.42 Å². The number of carbonyl (C=O) groups is 3. The first kappa shape index (κ1) is 21.5. The van der Waals surface area contributed by atoms with Crippen molar-refractivity contribution in [3.63, 3.8) is 0 Å². The fourth-order valence-corrected chi connectivity index (χ4v) is 4.03. The molecule has 158 valence electrons. The lowest BCUT2D eigenvalue weighted by Gasteiger charge is -2.36. The summed E-state index contributed by atoms with van der Waals surface area (Å²) in [4.78, 5) is 43.3. The quantitative estimate of drug-likeness (QED) is 0.690. The van der Waals surface area contributed by atoms with Crippen molar-refractivity contribution in [2.24, 2.45) is 0 Å². The number of ketones is 1. The molecule has 6 nitrogen and oxygen atoms in total. The smallest absolute Gasteiger partial charge is 0.236 e. The molecule has 0 saturated carbocycles. The molecule has 0 spiro atoms. The number of nitrogens with zero attached hydrogens (tertiary/aromatic N) is 3. The van der Waals surface area contributed by atoms with Crippen LogP contribution in [0, 0.1) is 13.8 Å². The number of carbonyl (C=O) groups excluding carboxylic acids is 3. The van der Waals surface area contributed by atoms with Gasteiger partial charge in [0.1, 0.15) is 0 Å². The van der Waals surface area contributed by atoms with Crippen LogP contribution in [-0.2, 0) is 9.59 Å². The van der Waals surface area contributed by atoms with E-state index in [-0.39, 0.29) is 30.4 Å². The minimum absolute atomic E-state index is 0.0206. The Balaban J connectivity index is 1.39. The average molecular weight is 400 g/mol. The van der Waals surface area contributed by atoms with Gasteiger partial charge in [-0.2, -0.15) is 0 Å². The highest BCUT2D eigenvalue weighted by Crippen LogP contribution is 2.14. The molecule has 2 aliphatic rings. The Morgan fingerprint density at radius 1 is 0.759 bits per heavy atom. The lowest BCUT2D eigenvalue weighted by molar-refractivity contribution is -0.135. The monoisotopic (exact) mass is 399 g/mol. The molecule has 29 heavy (non-hydrogen) atoms. The number of Topliss-reactive ketones (excluding diaryl/α,β-unsaturated/α-hetero) is 1. The number of hydrogen-bond acceptors (Lipinski definition) is 4. The van der Waals surface area contributed by atoms with Crippen molar-refractivity contribution in [1.82, 2.24) is 14.7 Å². The molecule has 3 rings (SSSR count). The predicted octanol–water partition coefficient (Wildman–Crippen LogP) is 2.42. The highest BCUT2D eigenvalue weighted by Gasteiger charge is 2.25. The molecule has 2 saturated heterocycles. The van der Waals surface area contributed by atoms with Crippen LogP contribution in [0.5, 0.6) is 0 Å². The van der Waals surface area contributed by atoms with Crippen LogP contribution in [0.2, 0.25) is 0 Å². The lowest BCUT2D eigenvalue weighted by atomic mass is 10.0. The third-order valence-electron chi connectivity index (χ3n) is 6.19. The minimum atomic E-state index is 0.0206. The maximum absolute atomic E-state index is 12.5. The number of piperazine rings is 1. The van der Waals surface area contributed by atoms with E-state index in [1.807, 2.05) is 41.8 Å². The number of piperidine rings is 1. The fraction of sp³-hybridized carbons (Fsp3) is 0.609. The maximum atomic E-state index is 12.5. The maximum Gasteiger partial charge on any atom is 0.236 e. The zero-order valence-corrected chi connectivity index (χ0v) is 17.8. The zero-order valence-electron chi connectivity index (χ0n) is 17.8. The van der Waals surface area contributed by atoms with Crippen LogP contribution in [-0.4, -0.2) is 78.1 Å². The molecule has 2 fully saturated rings. The number of likely N-dealkylation sites (tertiary alicyclic amines) is 1. The molecule has 6 heteroatoms. The van der Waals surface area contributed by atoms with Crippen molar-refractivity contribution in [3.05, 3.63) is 34.9 Å². The summed E-state index contributed by atoms with van der Waals surface area (Å²) in [7, 11) is 0. The van der Waals surface area contributed by atoms with Gasteiger partial charge in [0.05, 0.1) is 6.54 Å². The van der Waals surface area contributed by atoms with Gasteiger partial charge in [-0.1, -0.05) is 12.1 Å². The molecule has 0 bridgehead atoms. The molecule has 0 atom stereocenters. The van der Waals surface area contributed by atoms with Gasteiger partial charge in [0.25, 0.3) is 0 Å². The molecule has 1 aromatic rings. The molecular weight excluding hydrogens is 366 g/mol. The van der Waals surface area contributed by atoms with Crippen LogP contribution in [0.4, 0.5) is 0 Å². The Hall–Kier alpha value is -2.21. The zero-order chi connectivity index (χ0) is 20.8. The SMILES string of the molecule is Cc1ccc(C(=O)CCC(=O)N2CCN(CC(=O)N3CCCCC3)CC2)cc1C. The number of amides is 2. The van der Waals surface area contributed by atoms with E-state index in [1.54, 1.807) is 0 Å². The van der Waals surface area contributed by atoms with Gasteiger partial charge in [0.2, 0.25) is 11.8 Å². The van der Waals surface area contributed by atoms with Gasteiger partial charge in [-0.3, -0.25) is 19.3 Å². The summed E-state index contributed by atoms with van der Waals surface area (Å²) < 4.78 is 0. The van der Waals surface area contributed by atoms with E-state index < -0.39 is 0 Å². The van der Waals surface area contributed by atoms with Gasteiger partial charge in [-0.05, 0) is 50.3 Å². The number of hydrogen-bond donors (Lipinski definition) is 0. The standard InChI is InChI=1S/C23H33N3O3/c1-18-6-7-20(16-19(18)2)21(27)8-9-22(28)26-14-12-24(13-15-26)17-23(29)25-10-4-3-5-11-25/h6-7,16H,3-5,8-15,17H2,1-2H3.